The third-order valence-electron chi connectivity index (χ3n) is 5.39. The highest BCUT2D eigenvalue weighted by Gasteiger charge is 2.52. The van der Waals surface area contributed by atoms with E-state index >= 15 is 0 Å². The molecule has 2 unspecified atom stereocenters. The number of aromatic nitrogens is 2. The molecule has 1 aromatic heterocycles. The van der Waals surface area contributed by atoms with Crippen molar-refractivity contribution in [2.24, 2.45) is 4.99 Å². The van der Waals surface area contributed by atoms with Crippen molar-refractivity contribution < 1.29 is 14.7 Å². The van der Waals surface area contributed by atoms with Gasteiger partial charge in [-0.15, -0.1) is 0 Å². The summed E-state index contributed by atoms with van der Waals surface area (Å²) in [7, 11) is 0. The van der Waals surface area contributed by atoms with Gasteiger partial charge in [0.05, 0.1) is 5.54 Å². The minimum absolute atomic E-state index is 0.0250. The highest BCUT2D eigenvalue weighted by Crippen LogP contribution is 2.41. The number of halogens is 1. The summed E-state index contributed by atoms with van der Waals surface area (Å²) in [5, 5.41) is 15.6. The van der Waals surface area contributed by atoms with Gasteiger partial charge in [0.15, 0.2) is 28.4 Å². The lowest BCUT2D eigenvalue weighted by molar-refractivity contribution is 0.0747. The number of fused-ring (bicyclic) bond motifs is 2. The van der Waals surface area contributed by atoms with Gasteiger partial charge in [-0.1, -0.05) is 11.6 Å². The van der Waals surface area contributed by atoms with Crippen LogP contribution >= 0.6 is 11.6 Å². The van der Waals surface area contributed by atoms with Gasteiger partial charge in [-0.25, -0.2) is 14.8 Å². The first-order chi connectivity index (χ1) is 12.8. The number of nitrogens with two attached hydrogens (primary N) is 2. The number of aliphatic imine (C=N–C) groups is 1. The Morgan fingerprint density at radius 1 is 1.22 bits per heavy atom. The predicted octanol–water partition coefficient (Wildman–Crippen LogP) is 0.0270. The fraction of sp³-hybridized carbons (Fsp3) is 0.533. The molecular formula is C15H19ClN8O3. The maximum absolute atomic E-state index is 12.4. The molecule has 4 rings (SSSR count). The van der Waals surface area contributed by atoms with Crippen molar-refractivity contribution in [3.63, 3.8) is 0 Å². The number of anilines is 2. The van der Waals surface area contributed by atoms with Gasteiger partial charge >= 0.3 is 12.0 Å². The lowest BCUT2D eigenvalue weighted by Crippen LogP contribution is -2.58. The van der Waals surface area contributed by atoms with Gasteiger partial charge in [0.25, 0.3) is 0 Å². The monoisotopic (exact) mass is 394 g/mol. The zero-order valence-corrected chi connectivity index (χ0v) is 15.0. The fourth-order valence-electron chi connectivity index (χ4n) is 4.32. The van der Waals surface area contributed by atoms with Crippen molar-refractivity contribution in [1.82, 2.24) is 25.5 Å². The van der Waals surface area contributed by atoms with Crippen molar-refractivity contribution in [3.8, 4) is 0 Å². The number of nitrogens with zero attached hydrogens (tertiary/aromatic N) is 4. The van der Waals surface area contributed by atoms with Gasteiger partial charge in [-0.2, -0.15) is 4.99 Å². The first kappa shape index (κ1) is 17.6. The third kappa shape index (κ3) is 2.97. The third-order valence-corrected chi connectivity index (χ3v) is 5.67. The molecule has 12 heteroatoms. The molecule has 3 aliphatic heterocycles. The number of carbonyl (C=O) groups excluding carboxylic acids is 1. The van der Waals surface area contributed by atoms with E-state index < -0.39 is 12.0 Å². The molecule has 3 fully saturated rings. The largest absolute Gasteiger partial charge is 0.465 e. The SMILES string of the molecule is Nc1nc(N)c(C(=O)/N=C2/NCC3(CC4CCC(C3)N4C(=O)O)N2)nc1Cl. The number of guanidine groups is 1. The molecule has 144 valence electrons. The fourth-order valence-corrected chi connectivity index (χ4v) is 4.45. The van der Waals surface area contributed by atoms with Crippen LogP contribution in [0.15, 0.2) is 4.99 Å². The first-order valence-electron chi connectivity index (χ1n) is 8.53. The summed E-state index contributed by atoms with van der Waals surface area (Å²) < 4.78 is 0. The van der Waals surface area contributed by atoms with E-state index in [0.29, 0.717) is 25.3 Å². The molecule has 1 spiro atoms. The van der Waals surface area contributed by atoms with E-state index in [9.17, 15) is 14.7 Å². The first-order valence-corrected chi connectivity index (χ1v) is 8.91. The van der Waals surface area contributed by atoms with Crippen LogP contribution in [0.4, 0.5) is 16.4 Å². The summed E-state index contributed by atoms with van der Waals surface area (Å²) in [4.78, 5) is 37.0. The second-order valence-corrected chi connectivity index (χ2v) is 7.50. The molecule has 27 heavy (non-hydrogen) atoms. The van der Waals surface area contributed by atoms with E-state index in [2.05, 4.69) is 25.6 Å². The van der Waals surface area contributed by atoms with E-state index in [0.717, 1.165) is 12.8 Å². The Morgan fingerprint density at radius 3 is 2.52 bits per heavy atom. The molecule has 0 aliphatic carbocycles. The van der Waals surface area contributed by atoms with Crippen LogP contribution in [-0.2, 0) is 0 Å². The second-order valence-electron chi connectivity index (χ2n) is 7.14. The Labute approximate surface area is 159 Å². The van der Waals surface area contributed by atoms with Crippen molar-refractivity contribution in [2.45, 2.75) is 43.3 Å². The van der Waals surface area contributed by atoms with E-state index in [4.69, 9.17) is 23.1 Å². The summed E-state index contributed by atoms with van der Waals surface area (Å²) in [6, 6.07) is -0.0500. The summed E-state index contributed by atoms with van der Waals surface area (Å²) in [5.74, 6) is -0.598. The standard InChI is InChI=1S/C15H19ClN8O3/c16-9-11(18)21-10(17)8(20-9)12(25)22-13-19-5-15(23-13)3-6-1-2-7(4-15)24(6)14(26)27/h6-7H,1-5H2,(H,26,27)(H4,17,18,21)(H2,19,22,23,25). The highest BCUT2D eigenvalue weighted by molar-refractivity contribution is 6.31. The molecule has 11 nitrogen and oxygen atoms in total. The topological polar surface area (TPSA) is 172 Å². The Balaban J connectivity index is 1.51. The Hall–Kier alpha value is -2.82. The molecule has 0 radical (unpaired) electrons. The van der Waals surface area contributed by atoms with Crippen LogP contribution in [-0.4, -0.2) is 62.1 Å². The summed E-state index contributed by atoms with van der Waals surface area (Å²) in [5.41, 5.74) is 10.7. The smallest absolute Gasteiger partial charge is 0.407 e. The molecule has 3 saturated heterocycles. The van der Waals surface area contributed by atoms with Crippen LogP contribution in [0.1, 0.15) is 36.2 Å². The summed E-state index contributed by atoms with van der Waals surface area (Å²) in [6.45, 7) is 0.559. The maximum atomic E-state index is 12.4. The number of carbonyl (C=O) groups is 2. The average Bonchev–Trinajstić information content (AvgIpc) is 3.10. The normalized spacial score (nSPS) is 30.4. The van der Waals surface area contributed by atoms with E-state index in [1.807, 2.05) is 0 Å². The molecule has 7 N–H and O–H groups in total. The number of nitrogens with one attached hydrogen (secondary N) is 2. The van der Waals surface area contributed by atoms with E-state index in [1.54, 1.807) is 4.90 Å². The number of amides is 2. The maximum Gasteiger partial charge on any atom is 0.407 e. The minimum Gasteiger partial charge on any atom is -0.465 e. The molecule has 3 aliphatic rings. The quantitative estimate of drug-likeness (QED) is 0.440. The van der Waals surface area contributed by atoms with Gasteiger partial charge in [0.1, 0.15) is 0 Å². The summed E-state index contributed by atoms with van der Waals surface area (Å²) >= 11 is 5.80. The van der Waals surface area contributed by atoms with Crippen LogP contribution in [0, 0.1) is 0 Å². The molecule has 0 aromatic carbocycles. The van der Waals surface area contributed by atoms with E-state index in [-0.39, 0.29) is 40.1 Å². The molecular weight excluding hydrogens is 376 g/mol. The number of carboxylic acid groups (broad SMARTS) is 1. The second kappa shape index (κ2) is 6.12. The van der Waals surface area contributed by atoms with Gasteiger partial charge in [0, 0.05) is 18.6 Å². The van der Waals surface area contributed by atoms with Crippen LogP contribution < -0.4 is 22.1 Å². The van der Waals surface area contributed by atoms with Crippen molar-refractivity contribution in [2.75, 3.05) is 18.0 Å². The van der Waals surface area contributed by atoms with Gasteiger partial charge in [-0.05, 0) is 25.7 Å². The molecule has 1 aromatic rings. The lowest BCUT2D eigenvalue weighted by atomic mass is 9.84. The zero-order chi connectivity index (χ0) is 19.3. The summed E-state index contributed by atoms with van der Waals surface area (Å²) in [6.07, 6.45) is 2.14. The number of hydrogen-bond acceptors (Lipinski definition) is 6. The van der Waals surface area contributed by atoms with Crippen LogP contribution in [0.5, 0.6) is 0 Å². The van der Waals surface area contributed by atoms with Crippen LogP contribution in [0.2, 0.25) is 5.15 Å². The van der Waals surface area contributed by atoms with Gasteiger partial charge in [0.2, 0.25) is 0 Å². The zero-order valence-electron chi connectivity index (χ0n) is 14.3. The van der Waals surface area contributed by atoms with Gasteiger partial charge < -0.3 is 32.1 Å². The average molecular weight is 395 g/mol. The minimum atomic E-state index is -0.873. The number of piperidine rings is 1. The predicted molar refractivity (Wildman–Crippen MR) is 97.4 cm³/mol. The van der Waals surface area contributed by atoms with Crippen LogP contribution in [0.25, 0.3) is 0 Å². The molecule has 2 bridgehead atoms. The Kier molecular flexibility index (Phi) is 3.98. The van der Waals surface area contributed by atoms with Gasteiger partial charge in [-0.3, -0.25) is 4.79 Å². The van der Waals surface area contributed by atoms with Crippen molar-refractivity contribution >= 4 is 41.2 Å². The molecule has 4 heterocycles. The van der Waals surface area contributed by atoms with Crippen LogP contribution in [0.3, 0.4) is 0 Å². The number of nitrogen functional groups attached to an aromatic ring is 2. The molecule has 2 atom stereocenters. The van der Waals surface area contributed by atoms with E-state index in [1.165, 1.54) is 0 Å². The van der Waals surface area contributed by atoms with Crippen molar-refractivity contribution in [1.29, 1.82) is 0 Å². The lowest BCUT2D eigenvalue weighted by Gasteiger charge is -2.42. The van der Waals surface area contributed by atoms with Crippen molar-refractivity contribution in [3.05, 3.63) is 10.8 Å². The number of hydrogen-bond donors (Lipinski definition) is 5. The number of rotatable bonds is 1. The molecule has 2 amide bonds. The molecule has 0 saturated carbocycles. The Bertz CT molecular complexity index is 846. The highest BCUT2D eigenvalue weighted by atomic mass is 35.5. The Morgan fingerprint density at radius 2 is 1.89 bits per heavy atom.